The molecule has 0 fully saturated rings. The fourth-order valence-electron chi connectivity index (χ4n) is 6.16. The average Bonchev–Trinajstić information content (AvgIpc) is 3.53. The highest BCUT2D eigenvalue weighted by Gasteiger charge is 2.21. The van der Waals surface area contributed by atoms with Crippen LogP contribution in [0.25, 0.3) is 21.8 Å². The van der Waals surface area contributed by atoms with E-state index in [0.717, 1.165) is 81.7 Å². The summed E-state index contributed by atoms with van der Waals surface area (Å²) in [6.07, 6.45) is 8.04. The van der Waals surface area contributed by atoms with Crippen molar-refractivity contribution in [3.8, 4) is 11.5 Å². The number of aromatic amines is 2. The van der Waals surface area contributed by atoms with Gasteiger partial charge in [-0.25, -0.2) is 4.39 Å². The summed E-state index contributed by atoms with van der Waals surface area (Å²) in [5.41, 5.74) is 6.52. The molecule has 7 heteroatoms. The molecule has 38 heavy (non-hydrogen) atoms. The Bertz CT molecular complexity index is 1440. The molecule has 2 aliphatic heterocycles. The van der Waals surface area contributed by atoms with Gasteiger partial charge < -0.3 is 24.3 Å². The fourth-order valence-corrected chi connectivity index (χ4v) is 6.16. The molecule has 4 aromatic rings. The van der Waals surface area contributed by atoms with E-state index in [1.165, 1.54) is 27.6 Å². The molecule has 0 radical (unpaired) electrons. The van der Waals surface area contributed by atoms with Gasteiger partial charge in [-0.2, -0.15) is 0 Å². The van der Waals surface area contributed by atoms with E-state index in [9.17, 15) is 4.39 Å². The Morgan fingerprint density at radius 3 is 2.34 bits per heavy atom. The Kier molecular flexibility index (Phi) is 7.06. The zero-order valence-electron chi connectivity index (χ0n) is 22.8. The van der Waals surface area contributed by atoms with Gasteiger partial charge in [0.1, 0.15) is 17.3 Å². The van der Waals surface area contributed by atoms with Gasteiger partial charge in [-0.1, -0.05) is 6.07 Å². The normalized spacial score (nSPS) is 18.0. The average molecular weight is 519 g/mol. The van der Waals surface area contributed by atoms with Gasteiger partial charge in [0.15, 0.2) is 0 Å². The first kappa shape index (κ1) is 25.3. The van der Waals surface area contributed by atoms with E-state index in [0.29, 0.717) is 24.0 Å². The number of H-pyrrole nitrogens is 2. The molecule has 0 amide bonds. The predicted molar refractivity (Wildman–Crippen MR) is 151 cm³/mol. The minimum absolute atomic E-state index is 0.218. The number of ether oxygens (including phenoxy) is 2. The van der Waals surface area contributed by atoms with Crippen molar-refractivity contribution in [1.29, 1.82) is 0 Å². The van der Waals surface area contributed by atoms with Crippen LogP contribution in [0.4, 0.5) is 4.39 Å². The number of rotatable bonds is 3. The second-order valence-corrected chi connectivity index (χ2v) is 11.1. The van der Waals surface area contributed by atoms with E-state index in [2.05, 4.69) is 51.9 Å². The molecule has 4 heterocycles. The van der Waals surface area contributed by atoms with E-state index < -0.39 is 0 Å². The molecule has 0 saturated heterocycles. The summed E-state index contributed by atoms with van der Waals surface area (Å²) < 4.78 is 26.9. The number of hydrogen-bond donors (Lipinski definition) is 2. The molecule has 0 saturated carbocycles. The van der Waals surface area contributed by atoms with Gasteiger partial charge in [-0.15, -0.1) is 0 Å². The van der Waals surface area contributed by atoms with E-state index in [1.54, 1.807) is 6.07 Å². The lowest BCUT2D eigenvalue weighted by Crippen LogP contribution is -2.34. The number of benzene rings is 2. The summed E-state index contributed by atoms with van der Waals surface area (Å²) in [6.45, 7) is 12.5. The molecule has 2 N–H and O–H groups in total. The van der Waals surface area contributed by atoms with E-state index in [4.69, 9.17) is 9.47 Å². The Morgan fingerprint density at radius 2 is 1.55 bits per heavy atom. The highest BCUT2D eigenvalue weighted by molar-refractivity contribution is 5.92. The van der Waals surface area contributed by atoms with Crippen molar-refractivity contribution in [3.05, 3.63) is 58.7 Å². The van der Waals surface area contributed by atoms with E-state index in [-0.39, 0.29) is 5.82 Å². The number of nitrogens with zero attached hydrogens (tertiary/aromatic N) is 2. The largest absolute Gasteiger partial charge is 0.493 e. The Labute approximate surface area is 224 Å². The van der Waals surface area contributed by atoms with Crippen LogP contribution in [0.15, 0.2) is 30.6 Å². The summed E-state index contributed by atoms with van der Waals surface area (Å²) in [5, 5.41) is 2.27. The Hall–Kier alpha value is -3.03. The summed E-state index contributed by atoms with van der Waals surface area (Å²) in [6, 6.07) is 6.49. The van der Waals surface area contributed by atoms with Gasteiger partial charge in [0.05, 0.1) is 24.2 Å². The number of nitrogens with one attached hydrogen (secondary N) is 2. The first-order valence-corrected chi connectivity index (χ1v) is 14.1. The van der Waals surface area contributed by atoms with Crippen LogP contribution < -0.4 is 9.47 Å². The second kappa shape index (κ2) is 10.6. The smallest absolute Gasteiger partial charge is 0.131 e. The SMILES string of the molecule is Cc1c(F)cc2c3c(c[nH]c13)CCN(Cc1ccc3c4c(c[nH]c14)CCN(C(C)C)CCCO3)CCCO2. The van der Waals surface area contributed by atoms with Crippen LogP contribution in [0, 0.1) is 12.7 Å². The quantitative estimate of drug-likeness (QED) is 0.351. The molecule has 6 nitrogen and oxygen atoms in total. The molecule has 202 valence electrons. The van der Waals surface area contributed by atoms with E-state index in [1.807, 2.05) is 13.1 Å². The summed E-state index contributed by atoms with van der Waals surface area (Å²) in [4.78, 5) is 12.0. The van der Waals surface area contributed by atoms with Crippen LogP contribution in [0.2, 0.25) is 0 Å². The highest BCUT2D eigenvalue weighted by atomic mass is 19.1. The molecule has 0 aliphatic carbocycles. The van der Waals surface area contributed by atoms with Gasteiger partial charge in [-0.3, -0.25) is 4.90 Å². The van der Waals surface area contributed by atoms with Gasteiger partial charge in [0.2, 0.25) is 0 Å². The van der Waals surface area contributed by atoms with Gasteiger partial charge in [-0.05, 0) is 69.2 Å². The topological polar surface area (TPSA) is 56.5 Å². The molecule has 0 bridgehead atoms. The zero-order valence-corrected chi connectivity index (χ0v) is 22.8. The monoisotopic (exact) mass is 518 g/mol. The standard InChI is InChI=1S/C31H39FN4O2/c1-20(2)36-11-5-15-37-26-7-6-24(31-28(26)23(9-13-36)18-34-31)19-35-10-4-14-38-27-16-25(32)21(3)30-29(27)22(8-12-35)17-33-30/h6-7,16-18,20,33-34H,4-5,8-15,19H2,1-3H3. The molecule has 2 aliphatic rings. The van der Waals surface area contributed by atoms with Crippen LogP contribution in [0.5, 0.6) is 11.5 Å². The van der Waals surface area contributed by atoms with Gasteiger partial charge >= 0.3 is 0 Å². The molecule has 0 unspecified atom stereocenters. The van der Waals surface area contributed by atoms with Crippen molar-refractivity contribution >= 4 is 21.8 Å². The summed E-state index contributed by atoms with van der Waals surface area (Å²) in [5.74, 6) is 1.44. The van der Waals surface area contributed by atoms with E-state index >= 15 is 0 Å². The van der Waals surface area contributed by atoms with Crippen LogP contribution >= 0.6 is 0 Å². The Morgan fingerprint density at radius 1 is 0.868 bits per heavy atom. The maximum absolute atomic E-state index is 14.5. The van der Waals surface area contributed by atoms with Crippen molar-refractivity contribution in [1.82, 2.24) is 19.8 Å². The molecular weight excluding hydrogens is 479 g/mol. The maximum Gasteiger partial charge on any atom is 0.131 e. The third-order valence-corrected chi connectivity index (χ3v) is 8.38. The third kappa shape index (κ3) is 4.78. The summed E-state index contributed by atoms with van der Waals surface area (Å²) in [7, 11) is 0. The number of aromatic nitrogens is 2. The fraction of sp³-hybridized carbons (Fsp3) is 0.484. The Balaban J connectivity index is 1.27. The first-order chi connectivity index (χ1) is 18.5. The van der Waals surface area contributed by atoms with Gasteiger partial charge in [0, 0.05) is 73.6 Å². The molecular formula is C31H39FN4O2. The minimum Gasteiger partial charge on any atom is -0.493 e. The third-order valence-electron chi connectivity index (χ3n) is 8.38. The molecule has 0 atom stereocenters. The molecule has 6 rings (SSSR count). The lowest BCUT2D eigenvalue weighted by atomic mass is 10.0. The number of aryl methyl sites for hydroxylation is 1. The number of hydrogen-bond acceptors (Lipinski definition) is 4. The first-order valence-electron chi connectivity index (χ1n) is 14.1. The van der Waals surface area contributed by atoms with Crippen LogP contribution in [0.1, 0.15) is 48.9 Å². The van der Waals surface area contributed by atoms with Crippen molar-refractivity contribution < 1.29 is 13.9 Å². The highest BCUT2D eigenvalue weighted by Crippen LogP contribution is 2.35. The molecule has 0 spiro atoms. The maximum atomic E-state index is 14.5. The lowest BCUT2D eigenvalue weighted by Gasteiger charge is -2.27. The van der Waals surface area contributed by atoms with Crippen molar-refractivity contribution in [2.75, 3.05) is 39.4 Å². The number of halogens is 1. The van der Waals surface area contributed by atoms with Crippen molar-refractivity contribution in [2.24, 2.45) is 0 Å². The van der Waals surface area contributed by atoms with Gasteiger partial charge in [0.25, 0.3) is 0 Å². The second-order valence-electron chi connectivity index (χ2n) is 11.1. The van der Waals surface area contributed by atoms with Crippen LogP contribution in [0.3, 0.4) is 0 Å². The van der Waals surface area contributed by atoms with Crippen LogP contribution in [-0.4, -0.2) is 65.2 Å². The van der Waals surface area contributed by atoms with Crippen molar-refractivity contribution in [2.45, 2.75) is 59.0 Å². The minimum atomic E-state index is -0.218. The van der Waals surface area contributed by atoms with Crippen molar-refractivity contribution in [3.63, 3.8) is 0 Å². The van der Waals surface area contributed by atoms with Crippen LogP contribution in [-0.2, 0) is 19.4 Å². The zero-order chi connectivity index (χ0) is 26.2. The molecule has 2 aromatic heterocycles. The summed E-state index contributed by atoms with van der Waals surface area (Å²) >= 11 is 0. The lowest BCUT2D eigenvalue weighted by molar-refractivity contribution is 0.199. The predicted octanol–water partition coefficient (Wildman–Crippen LogP) is 5.96. The molecule has 2 aromatic carbocycles.